The van der Waals surface area contributed by atoms with Crippen molar-refractivity contribution in [2.45, 2.75) is 31.2 Å². The second-order valence-electron chi connectivity index (χ2n) is 7.30. The molecular weight excluding hydrogens is 436 g/mol. The number of pyridine rings is 1. The molecule has 0 bridgehead atoms. The topological polar surface area (TPSA) is 107 Å². The number of hydroxylamine groups is 1. The maximum Gasteiger partial charge on any atom is 0.267 e. The van der Waals surface area contributed by atoms with E-state index >= 15 is 0 Å². The molecule has 1 aromatic rings. The van der Waals surface area contributed by atoms with Gasteiger partial charge in [-0.3, -0.25) is 19.7 Å². The van der Waals surface area contributed by atoms with Crippen molar-refractivity contribution in [1.82, 2.24) is 20.7 Å². The van der Waals surface area contributed by atoms with Crippen molar-refractivity contribution < 1.29 is 19.2 Å². The van der Waals surface area contributed by atoms with Crippen LogP contribution >= 0.6 is 24.8 Å². The number of aromatic nitrogens is 1. The minimum Gasteiger partial charge on any atom is -0.354 e. The maximum atomic E-state index is 14.6. The van der Waals surface area contributed by atoms with Gasteiger partial charge in [0.1, 0.15) is 5.54 Å². The summed E-state index contributed by atoms with van der Waals surface area (Å²) in [5, 5.41) is 14.7. The number of anilines is 1. The lowest BCUT2D eigenvalue weighted by Gasteiger charge is -2.33. The number of nitrogens with one attached hydrogen (secondary N) is 3. The SMILES string of the molecule is Cl.Cl.O=C(/C=C/c1cnc(N[C@]2(C(=O)CN3CCCCC3)CCNC2)c(F)c1)NO. The molecule has 0 aromatic carbocycles. The molecule has 11 heteroatoms. The van der Waals surface area contributed by atoms with Crippen molar-refractivity contribution in [3.63, 3.8) is 0 Å². The summed E-state index contributed by atoms with van der Waals surface area (Å²) in [5.41, 5.74) is 0.950. The lowest BCUT2D eigenvalue weighted by molar-refractivity contribution is -0.124. The fourth-order valence-corrected chi connectivity index (χ4v) is 3.65. The van der Waals surface area contributed by atoms with E-state index in [2.05, 4.69) is 20.5 Å². The molecule has 2 aliphatic rings. The molecule has 2 saturated heterocycles. The van der Waals surface area contributed by atoms with Gasteiger partial charge in [-0.15, -0.1) is 24.8 Å². The number of hydrogen-bond donors (Lipinski definition) is 4. The molecule has 8 nitrogen and oxygen atoms in total. The van der Waals surface area contributed by atoms with Crippen LogP contribution < -0.4 is 16.1 Å². The number of Topliss-reactive ketones (excluding diaryl/α,β-unsaturated/α-hetero) is 1. The van der Waals surface area contributed by atoms with Crippen LogP contribution in [0.1, 0.15) is 31.2 Å². The molecule has 0 spiro atoms. The Morgan fingerprint density at radius 3 is 2.63 bits per heavy atom. The van der Waals surface area contributed by atoms with Crippen LogP contribution in [0.5, 0.6) is 0 Å². The second kappa shape index (κ2) is 12.2. The number of likely N-dealkylation sites (tertiary alicyclic amines) is 1. The minimum absolute atomic E-state index is 0. The maximum absolute atomic E-state index is 14.6. The summed E-state index contributed by atoms with van der Waals surface area (Å²) in [6.45, 7) is 3.30. The largest absolute Gasteiger partial charge is 0.354 e. The molecule has 30 heavy (non-hydrogen) atoms. The van der Waals surface area contributed by atoms with E-state index < -0.39 is 17.3 Å². The van der Waals surface area contributed by atoms with Gasteiger partial charge in [0, 0.05) is 18.8 Å². The number of carbonyl (C=O) groups excluding carboxylic acids is 2. The van der Waals surface area contributed by atoms with Crippen molar-refractivity contribution in [1.29, 1.82) is 0 Å². The summed E-state index contributed by atoms with van der Waals surface area (Å²) < 4.78 is 14.6. The van der Waals surface area contributed by atoms with Crippen molar-refractivity contribution in [3.05, 3.63) is 29.7 Å². The Balaban J connectivity index is 0.00000225. The molecule has 1 aromatic heterocycles. The van der Waals surface area contributed by atoms with E-state index in [9.17, 15) is 14.0 Å². The van der Waals surface area contributed by atoms with Gasteiger partial charge in [0.2, 0.25) is 0 Å². The number of piperidine rings is 1. The Labute approximate surface area is 187 Å². The van der Waals surface area contributed by atoms with E-state index in [1.165, 1.54) is 30.2 Å². The monoisotopic (exact) mass is 463 g/mol. The molecular formula is C19H28Cl2FN5O3. The van der Waals surface area contributed by atoms with Crippen LogP contribution in [0.3, 0.4) is 0 Å². The van der Waals surface area contributed by atoms with Gasteiger partial charge >= 0.3 is 0 Å². The molecule has 3 rings (SSSR count). The highest BCUT2D eigenvalue weighted by atomic mass is 35.5. The van der Waals surface area contributed by atoms with Crippen LogP contribution in [-0.4, -0.2) is 65.0 Å². The molecule has 0 unspecified atom stereocenters. The molecule has 168 valence electrons. The molecule has 1 amide bonds. The highest BCUT2D eigenvalue weighted by molar-refractivity contribution is 5.93. The number of hydrogen-bond acceptors (Lipinski definition) is 7. The predicted molar refractivity (Wildman–Crippen MR) is 117 cm³/mol. The highest BCUT2D eigenvalue weighted by Crippen LogP contribution is 2.25. The Morgan fingerprint density at radius 1 is 1.30 bits per heavy atom. The Kier molecular flexibility index (Phi) is 10.6. The van der Waals surface area contributed by atoms with Gasteiger partial charge in [-0.25, -0.2) is 14.9 Å². The summed E-state index contributed by atoms with van der Waals surface area (Å²) in [5.74, 6) is -1.27. The number of nitrogens with zero attached hydrogens (tertiary/aromatic N) is 2. The van der Waals surface area contributed by atoms with Crippen molar-refractivity contribution in [3.8, 4) is 0 Å². The van der Waals surface area contributed by atoms with E-state index in [4.69, 9.17) is 5.21 Å². The molecule has 3 heterocycles. The summed E-state index contributed by atoms with van der Waals surface area (Å²) in [6.07, 6.45) is 7.77. The van der Waals surface area contributed by atoms with Crippen LogP contribution in [0.15, 0.2) is 18.3 Å². The fraction of sp³-hybridized carbons (Fsp3) is 0.526. The van der Waals surface area contributed by atoms with Crippen molar-refractivity contribution in [2.75, 3.05) is 38.0 Å². The molecule has 4 N–H and O–H groups in total. The fourth-order valence-electron chi connectivity index (χ4n) is 3.65. The number of halogens is 3. The second-order valence-corrected chi connectivity index (χ2v) is 7.30. The smallest absolute Gasteiger partial charge is 0.267 e. The molecule has 2 aliphatic heterocycles. The average molecular weight is 464 g/mol. The van der Waals surface area contributed by atoms with Crippen LogP contribution in [0.25, 0.3) is 6.08 Å². The summed E-state index contributed by atoms with van der Waals surface area (Å²) in [6, 6.07) is 1.22. The van der Waals surface area contributed by atoms with Gasteiger partial charge in [0.25, 0.3) is 5.91 Å². The molecule has 0 aliphatic carbocycles. The van der Waals surface area contributed by atoms with Gasteiger partial charge in [-0.1, -0.05) is 6.42 Å². The summed E-state index contributed by atoms with van der Waals surface area (Å²) >= 11 is 0. The first kappa shape index (κ1) is 26.3. The van der Waals surface area contributed by atoms with E-state index in [-0.39, 0.29) is 36.4 Å². The average Bonchev–Trinajstić information content (AvgIpc) is 3.18. The van der Waals surface area contributed by atoms with Gasteiger partial charge in [-0.05, 0) is 56.6 Å². The first-order valence-corrected chi connectivity index (χ1v) is 9.55. The quantitative estimate of drug-likeness (QED) is 0.277. The third kappa shape index (κ3) is 6.61. The van der Waals surface area contributed by atoms with Crippen molar-refractivity contribution >= 4 is 48.4 Å². The minimum atomic E-state index is -0.876. The number of ketones is 1. The zero-order valence-electron chi connectivity index (χ0n) is 16.5. The van der Waals surface area contributed by atoms with Crippen LogP contribution in [-0.2, 0) is 9.59 Å². The Morgan fingerprint density at radius 2 is 2.03 bits per heavy atom. The first-order chi connectivity index (χ1) is 13.5. The van der Waals surface area contributed by atoms with Gasteiger partial charge in [0.15, 0.2) is 17.4 Å². The number of carbonyl (C=O) groups is 2. The zero-order chi connectivity index (χ0) is 20.0. The van der Waals surface area contributed by atoms with E-state index in [0.29, 0.717) is 31.6 Å². The van der Waals surface area contributed by atoms with E-state index in [0.717, 1.165) is 32.0 Å². The van der Waals surface area contributed by atoms with Gasteiger partial charge in [-0.2, -0.15) is 0 Å². The normalized spacial score (nSPS) is 21.5. The zero-order valence-corrected chi connectivity index (χ0v) is 18.2. The van der Waals surface area contributed by atoms with Gasteiger partial charge < -0.3 is 10.6 Å². The molecule has 1 atom stereocenters. The van der Waals surface area contributed by atoms with Crippen LogP contribution in [0.4, 0.5) is 10.2 Å². The summed E-state index contributed by atoms with van der Waals surface area (Å²) in [4.78, 5) is 30.3. The van der Waals surface area contributed by atoms with Crippen molar-refractivity contribution in [2.24, 2.45) is 0 Å². The Bertz CT molecular complexity index is 754. The number of amides is 1. The third-order valence-electron chi connectivity index (χ3n) is 5.26. The van der Waals surface area contributed by atoms with Gasteiger partial charge in [0.05, 0.1) is 6.54 Å². The third-order valence-corrected chi connectivity index (χ3v) is 5.26. The van der Waals surface area contributed by atoms with Crippen LogP contribution in [0, 0.1) is 5.82 Å². The lowest BCUT2D eigenvalue weighted by atomic mass is 9.91. The highest BCUT2D eigenvalue weighted by Gasteiger charge is 2.42. The molecule has 0 radical (unpaired) electrons. The molecule has 2 fully saturated rings. The number of rotatable bonds is 7. The molecule has 0 saturated carbocycles. The Hall–Kier alpha value is -1.78. The predicted octanol–water partition coefficient (Wildman–Crippen LogP) is 1.78. The van der Waals surface area contributed by atoms with E-state index in [1.807, 2.05) is 0 Å². The lowest BCUT2D eigenvalue weighted by Crippen LogP contribution is -2.53. The summed E-state index contributed by atoms with van der Waals surface area (Å²) in [7, 11) is 0. The first-order valence-electron chi connectivity index (χ1n) is 9.55. The van der Waals surface area contributed by atoms with Crippen LogP contribution in [0.2, 0.25) is 0 Å². The standard InChI is InChI=1S/C19H26FN5O3.2ClH/c20-15-10-14(4-5-17(27)24-28)11-22-18(15)23-19(6-7-21-13-19)16(26)12-25-8-2-1-3-9-25;;/h4-5,10-11,21,28H,1-3,6-9,12-13H2,(H,22,23)(H,24,27);2*1H/b5-4+;;/t19-;;/m1../s1. The van der Waals surface area contributed by atoms with E-state index in [1.54, 1.807) is 0 Å².